The smallest absolute Gasteiger partial charge is 0.207 e. The van der Waals surface area contributed by atoms with Crippen LogP contribution >= 0.6 is 0 Å². The highest BCUT2D eigenvalue weighted by Crippen LogP contribution is 2.48. The minimum atomic E-state index is -5.82. The van der Waals surface area contributed by atoms with E-state index in [9.17, 15) is 26.3 Å². The molecule has 0 radical (unpaired) electrons. The van der Waals surface area contributed by atoms with Gasteiger partial charge in [-0.2, -0.15) is 13.2 Å². The van der Waals surface area contributed by atoms with Gasteiger partial charge in [0.15, 0.2) is 23.3 Å². The lowest BCUT2D eigenvalue weighted by molar-refractivity contribution is -0.143. The van der Waals surface area contributed by atoms with Crippen molar-refractivity contribution in [2.45, 2.75) is 6.18 Å². The molecule has 0 unspecified atom stereocenters. The maximum Gasteiger partial charge on any atom is 0.422 e. The van der Waals surface area contributed by atoms with Gasteiger partial charge in [0.1, 0.15) is 23.0 Å². The second-order valence-electron chi connectivity index (χ2n) is 8.09. The third-order valence-corrected chi connectivity index (χ3v) is 5.98. The zero-order valence-corrected chi connectivity index (χ0v) is 18.1. The quantitative estimate of drug-likeness (QED) is 0.123. The van der Waals surface area contributed by atoms with E-state index in [4.69, 9.17) is 0 Å². The topological polar surface area (TPSA) is 0 Å². The first-order chi connectivity index (χ1) is 17.4. The summed E-state index contributed by atoms with van der Waals surface area (Å²) >= 11 is 0. The first-order valence-corrected chi connectivity index (χ1v) is 10.4. The molecular formula is C27H10F10. The Balaban J connectivity index is 2.11. The largest absolute Gasteiger partial charge is 0.422 e. The molecule has 5 rings (SSSR count). The van der Waals surface area contributed by atoms with Gasteiger partial charge in [-0.25, -0.2) is 30.7 Å². The number of alkyl halides is 3. The Bertz CT molecular complexity index is 1690. The molecule has 188 valence electrons. The Hall–Kier alpha value is -4.08. The van der Waals surface area contributed by atoms with Crippen LogP contribution in [-0.2, 0) is 6.18 Å². The Morgan fingerprint density at radius 1 is 0.486 bits per heavy atom. The molecule has 0 fully saturated rings. The van der Waals surface area contributed by atoms with Gasteiger partial charge in [-0.1, -0.05) is 36.4 Å². The molecule has 0 heterocycles. The van der Waals surface area contributed by atoms with Crippen LogP contribution in [-0.4, -0.2) is 0 Å². The van der Waals surface area contributed by atoms with Crippen molar-refractivity contribution in [2.75, 3.05) is 0 Å². The number of rotatable bonds is 2. The van der Waals surface area contributed by atoms with E-state index in [2.05, 4.69) is 0 Å². The summed E-state index contributed by atoms with van der Waals surface area (Å²) in [5, 5.41) is -2.13. The summed E-state index contributed by atoms with van der Waals surface area (Å²) in [7, 11) is 0. The fourth-order valence-electron chi connectivity index (χ4n) is 4.52. The first kappa shape index (κ1) is 24.6. The molecule has 5 aromatic carbocycles. The van der Waals surface area contributed by atoms with Crippen LogP contribution in [0.25, 0.3) is 43.8 Å². The van der Waals surface area contributed by atoms with Crippen LogP contribution in [0.2, 0.25) is 0 Å². The van der Waals surface area contributed by atoms with E-state index < -0.39 is 79.7 Å². The van der Waals surface area contributed by atoms with E-state index in [0.717, 1.165) is 12.1 Å². The zero-order valence-electron chi connectivity index (χ0n) is 18.1. The second-order valence-corrected chi connectivity index (χ2v) is 8.09. The Labute approximate surface area is 201 Å². The van der Waals surface area contributed by atoms with Crippen molar-refractivity contribution in [3.8, 4) is 22.3 Å². The van der Waals surface area contributed by atoms with Crippen LogP contribution in [0.5, 0.6) is 0 Å². The molecule has 0 bridgehead atoms. The predicted molar refractivity (Wildman–Crippen MR) is 117 cm³/mol. The molecule has 0 aromatic heterocycles. The molecular weight excluding hydrogens is 514 g/mol. The average molecular weight is 524 g/mol. The molecule has 0 saturated heterocycles. The van der Waals surface area contributed by atoms with Gasteiger partial charge in [0.05, 0.1) is 5.56 Å². The van der Waals surface area contributed by atoms with E-state index >= 15 is 17.6 Å². The Morgan fingerprint density at radius 3 is 1.57 bits per heavy atom. The van der Waals surface area contributed by atoms with Gasteiger partial charge in [0.25, 0.3) is 0 Å². The number of hydrogen-bond donors (Lipinski definition) is 0. The lowest BCUT2D eigenvalue weighted by Crippen LogP contribution is -2.16. The van der Waals surface area contributed by atoms with E-state index in [1.54, 1.807) is 18.2 Å². The van der Waals surface area contributed by atoms with Gasteiger partial charge in [-0.15, -0.1) is 0 Å². The maximum atomic E-state index is 15.3. The van der Waals surface area contributed by atoms with Gasteiger partial charge >= 0.3 is 6.18 Å². The van der Waals surface area contributed by atoms with Crippen molar-refractivity contribution >= 4 is 21.5 Å². The third-order valence-electron chi connectivity index (χ3n) is 5.98. The monoisotopic (exact) mass is 524 g/mol. The molecule has 0 atom stereocenters. The zero-order chi connectivity index (χ0) is 26.8. The number of fused-ring (bicyclic) bond motifs is 2. The summed E-state index contributed by atoms with van der Waals surface area (Å²) in [6.07, 6.45) is -5.82. The molecule has 0 aliphatic carbocycles. The first-order valence-electron chi connectivity index (χ1n) is 10.4. The lowest BCUT2D eigenvalue weighted by Gasteiger charge is -2.20. The van der Waals surface area contributed by atoms with Crippen molar-refractivity contribution in [3.05, 3.63) is 107 Å². The van der Waals surface area contributed by atoms with Crippen LogP contribution in [0.15, 0.2) is 60.7 Å². The molecule has 5 aromatic rings. The van der Waals surface area contributed by atoms with Crippen LogP contribution < -0.4 is 0 Å². The van der Waals surface area contributed by atoms with Gasteiger partial charge in [-0.3, -0.25) is 0 Å². The summed E-state index contributed by atoms with van der Waals surface area (Å²) < 4.78 is 144. The van der Waals surface area contributed by atoms with Crippen LogP contribution in [0.1, 0.15) is 5.56 Å². The van der Waals surface area contributed by atoms with Crippen molar-refractivity contribution in [2.24, 2.45) is 0 Å². The van der Waals surface area contributed by atoms with E-state index in [0.29, 0.717) is 18.2 Å². The third kappa shape index (κ3) is 3.70. The van der Waals surface area contributed by atoms with Crippen molar-refractivity contribution < 1.29 is 43.9 Å². The molecule has 0 saturated carbocycles. The molecule has 10 heteroatoms. The standard InChI is InChI=1S/C27H10F10/c28-12-6-7-13-14(10-12)18(21-23(31)25(33)22(27(35,36)37)26(34)24(21)32)20-16(30)9-8-15(29)19(20)17(13)11-4-2-1-3-5-11/h1-10H. The minimum Gasteiger partial charge on any atom is -0.207 e. The van der Waals surface area contributed by atoms with Crippen molar-refractivity contribution in [3.63, 3.8) is 0 Å². The highest BCUT2D eigenvalue weighted by Gasteiger charge is 2.43. The van der Waals surface area contributed by atoms with E-state index in [-0.39, 0.29) is 16.5 Å². The highest BCUT2D eigenvalue weighted by atomic mass is 19.4. The number of hydrogen-bond acceptors (Lipinski definition) is 0. The van der Waals surface area contributed by atoms with E-state index in [1.165, 1.54) is 12.1 Å². The van der Waals surface area contributed by atoms with Crippen LogP contribution in [0.3, 0.4) is 0 Å². The molecule has 0 nitrogen and oxygen atoms in total. The van der Waals surface area contributed by atoms with Crippen LogP contribution in [0.4, 0.5) is 43.9 Å². The molecule has 0 aliphatic heterocycles. The van der Waals surface area contributed by atoms with Gasteiger partial charge in [0, 0.05) is 21.9 Å². The summed E-state index contributed by atoms with van der Waals surface area (Å²) in [4.78, 5) is 0. The van der Waals surface area contributed by atoms with Crippen LogP contribution in [0, 0.1) is 40.7 Å². The van der Waals surface area contributed by atoms with Gasteiger partial charge in [-0.05, 0) is 40.6 Å². The fraction of sp³-hybridized carbons (Fsp3) is 0.0370. The summed E-state index contributed by atoms with van der Waals surface area (Å²) in [6.45, 7) is 0. The summed E-state index contributed by atoms with van der Waals surface area (Å²) in [5.41, 5.74) is -5.40. The lowest BCUT2D eigenvalue weighted by atomic mass is 9.84. The molecule has 0 N–H and O–H groups in total. The Morgan fingerprint density at radius 2 is 1.03 bits per heavy atom. The minimum absolute atomic E-state index is 0.0416. The SMILES string of the molecule is Fc1ccc2c(-c3ccccc3)c3c(F)ccc(F)c3c(-c3c(F)c(F)c(C(F)(F)F)c(F)c3F)c2c1. The summed E-state index contributed by atoms with van der Waals surface area (Å²) in [5.74, 6) is -14.1. The van der Waals surface area contributed by atoms with Gasteiger partial charge < -0.3 is 0 Å². The number of benzene rings is 5. The van der Waals surface area contributed by atoms with Crippen molar-refractivity contribution in [1.82, 2.24) is 0 Å². The molecule has 0 amide bonds. The maximum absolute atomic E-state index is 15.3. The fourth-order valence-corrected chi connectivity index (χ4v) is 4.52. The normalized spacial score (nSPS) is 12.1. The molecule has 0 spiro atoms. The predicted octanol–water partition coefficient (Wildman–Crippen LogP) is 9.32. The van der Waals surface area contributed by atoms with E-state index in [1.807, 2.05) is 0 Å². The molecule has 0 aliphatic rings. The Kier molecular flexibility index (Phi) is 5.65. The second kappa shape index (κ2) is 8.50. The summed E-state index contributed by atoms with van der Waals surface area (Å²) in [6, 6.07) is 11.6. The highest BCUT2D eigenvalue weighted by molar-refractivity contribution is 6.21. The number of halogens is 10. The van der Waals surface area contributed by atoms with Crippen molar-refractivity contribution in [1.29, 1.82) is 0 Å². The average Bonchev–Trinajstić information content (AvgIpc) is 2.84. The molecule has 37 heavy (non-hydrogen) atoms. The van der Waals surface area contributed by atoms with Gasteiger partial charge in [0.2, 0.25) is 0 Å².